The Morgan fingerprint density at radius 1 is 1.20 bits per heavy atom. The average molecular weight is 416 g/mol. The fraction of sp³-hybridized carbons (Fsp3) is 0.760. The molecular formula is C25H37NO4. The van der Waals surface area contributed by atoms with Gasteiger partial charge in [0.25, 0.3) is 0 Å². The molecule has 2 saturated carbocycles. The molecule has 0 aromatic rings. The topological polar surface area (TPSA) is 86.6 Å². The monoisotopic (exact) mass is 415 g/mol. The molecule has 0 heterocycles. The van der Waals surface area contributed by atoms with Crippen molar-refractivity contribution in [3.8, 4) is 0 Å². The van der Waals surface area contributed by atoms with Crippen molar-refractivity contribution in [1.29, 1.82) is 0 Å². The van der Waals surface area contributed by atoms with Gasteiger partial charge in [0.05, 0.1) is 17.7 Å². The van der Waals surface area contributed by atoms with Crippen molar-refractivity contribution in [3.63, 3.8) is 0 Å². The summed E-state index contributed by atoms with van der Waals surface area (Å²) >= 11 is 0. The molecule has 4 aliphatic carbocycles. The number of nitrogens with one attached hydrogen (secondary N) is 1. The van der Waals surface area contributed by atoms with E-state index in [-0.39, 0.29) is 34.3 Å². The highest BCUT2D eigenvalue weighted by Gasteiger charge is 2.59. The summed E-state index contributed by atoms with van der Waals surface area (Å²) in [6.07, 6.45) is 9.54. The Labute approximate surface area is 180 Å². The van der Waals surface area contributed by atoms with Gasteiger partial charge in [-0.2, -0.15) is 0 Å². The first-order valence-corrected chi connectivity index (χ1v) is 11.5. The van der Waals surface area contributed by atoms with Gasteiger partial charge < -0.3 is 15.5 Å². The Kier molecular flexibility index (Phi) is 5.00. The molecule has 0 saturated heterocycles. The molecule has 2 fully saturated rings. The predicted octanol–water partition coefficient (Wildman–Crippen LogP) is 4.07. The number of aliphatic carboxylic acids is 1. The summed E-state index contributed by atoms with van der Waals surface area (Å²) in [6.45, 7) is 10.0. The maximum atomic E-state index is 12.7. The normalized spacial score (nSPS) is 42.9. The fourth-order valence-electron chi connectivity index (χ4n) is 7.28. The second-order valence-electron chi connectivity index (χ2n) is 11.8. The van der Waals surface area contributed by atoms with E-state index in [1.54, 1.807) is 6.08 Å². The molecular weight excluding hydrogens is 378 g/mol. The number of hydrogen-bond acceptors (Lipinski definition) is 3. The summed E-state index contributed by atoms with van der Waals surface area (Å²) < 4.78 is 0. The lowest BCUT2D eigenvalue weighted by molar-refractivity contribution is -0.134. The fourth-order valence-corrected chi connectivity index (χ4v) is 7.28. The number of carbonyl (C=O) groups is 2. The minimum Gasteiger partial charge on any atom is -0.478 e. The van der Waals surface area contributed by atoms with Crippen LogP contribution in [0.1, 0.15) is 73.1 Å². The molecule has 7 atom stereocenters. The molecule has 5 heteroatoms. The van der Waals surface area contributed by atoms with Gasteiger partial charge >= 0.3 is 5.97 Å². The number of amides is 1. The van der Waals surface area contributed by atoms with E-state index in [0.29, 0.717) is 18.3 Å². The third-order valence-corrected chi connectivity index (χ3v) is 8.78. The standard InChI is InChI=1S/C25H37NO4/c1-23(2,3)22(30)26-18-12-25(5)14(11-16(18)21(28)29)8-9-15-17-7-6-10-24(17,4)13-19(27)20(15)25/h8,11,15,17-20,27H,6-7,9-10,12-13H2,1-5H3,(H,26,30)(H,28,29)/t15?,17?,18?,19-,20?,24+,25+/m1/s1. The van der Waals surface area contributed by atoms with E-state index in [4.69, 9.17) is 0 Å². The molecule has 0 bridgehead atoms. The van der Waals surface area contributed by atoms with Crippen LogP contribution in [0.5, 0.6) is 0 Å². The number of carboxylic acid groups (broad SMARTS) is 1. The van der Waals surface area contributed by atoms with Crippen LogP contribution in [-0.2, 0) is 9.59 Å². The summed E-state index contributed by atoms with van der Waals surface area (Å²) in [5, 5.41) is 24.2. The quantitative estimate of drug-likeness (QED) is 0.634. The number of aliphatic hydroxyl groups is 1. The predicted molar refractivity (Wildman–Crippen MR) is 116 cm³/mol. The van der Waals surface area contributed by atoms with Crippen molar-refractivity contribution < 1.29 is 19.8 Å². The third kappa shape index (κ3) is 3.24. The molecule has 0 aromatic heterocycles. The number of carboxylic acids is 1. The van der Waals surface area contributed by atoms with E-state index in [1.165, 1.54) is 19.3 Å². The van der Waals surface area contributed by atoms with Gasteiger partial charge in [0.15, 0.2) is 0 Å². The van der Waals surface area contributed by atoms with Crippen molar-refractivity contribution in [2.75, 3.05) is 0 Å². The van der Waals surface area contributed by atoms with Gasteiger partial charge in [-0.15, -0.1) is 0 Å². The van der Waals surface area contributed by atoms with Crippen molar-refractivity contribution in [2.45, 2.75) is 85.3 Å². The summed E-state index contributed by atoms with van der Waals surface area (Å²) in [5.41, 5.74) is 0.583. The average Bonchev–Trinajstić information content (AvgIpc) is 3.00. The number of hydrogen-bond donors (Lipinski definition) is 3. The second-order valence-corrected chi connectivity index (χ2v) is 11.8. The minimum absolute atomic E-state index is 0.106. The smallest absolute Gasteiger partial charge is 0.333 e. The summed E-state index contributed by atoms with van der Waals surface area (Å²) in [4.78, 5) is 24.7. The molecule has 0 aliphatic heterocycles. The first kappa shape index (κ1) is 21.6. The van der Waals surface area contributed by atoms with Crippen LogP contribution in [0.15, 0.2) is 23.3 Å². The van der Waals surface area contributed by atoms with Gasteiger partial charge in [-0.3, -0.25) is 4.79 Å². The molecule has 4 unspecified atom stereocenters. The summed E-state index contributed by atoms with van der Waals surface area (Å²) in [5.74, 6) is 0.0264. The second kappa shape index (κ2) is 6.94. The number of fused-ring (bicyclic) bond motifs is 5. The molecule has 3 N–H and O–H groups in total. The SMILES string of the molecule is CC(C)(C)C(=O)NC1C[C@@]2(C)C(=CCC3C4CCC[C@@]4(C)C[C@@H](O)C32)C=C1C(=O)O. The Balaban J connectivity index is 1.72. The van der Waals surface area contributed by atoms with Crippen molar-refractivity contribution in [3.05, 3.63) is 23.3 Å². The summed E-state index contributed by atoms with van der Waals surface area (Å²) in [7, 11) is 0. The third-order valence-electron chi connectivity index (χ3n) is 8.78. The van der Waals surface area contributed by atoms with Crippen LogP contribution in [0.25, 0.3) is 0 Å². The molecule has 166 valence electrons. The Morgan fingerprint density at radius 2 is 1.90 bits per heavy atom. The Bertz CT molecular complexity index is 821. The maximum Gasteiger partial charge on any atom is 0.333 e. The highest BCUT2D eigenvalue weighted by atomic mass is 16.4. The number of carbonyl (C=O) groups excluding carboxylic acids is 1. The lowest BCUT2D eigenvalue weighted by Gasteiger charge is -2.58. The zero-order valence-electron chi connectivity index (χ0n) is 19.0. The van der Waals surface area contributed by atoms with E-state index < -0.39 is 17.4 Å². The molecule has 4 rings (SSSR count). The van der Waals surface area contributed by atoms with Crippen LogP contribution >= 0.6 is 0 Å². The molecule has 1 amide bonds. The van der Waals surface area contributed by atoms with Crippen LogP contribution in [0.4, 0.5) is 0 Å². The summed E-state index contributed by atoms with van der Waals surface area (Å²) in [6, 6.07) is -0.542. The maximum absolute atomic E-state index is 12.7. The minimum atomic E-state index is -0.980. The molecule has 30 heavy (non-hydrogen) atoms. The van der Waals surface area contributed by atoms with Crippen LogP contribution < -0.4 is 5.32 Å². The van der Waals surface area contributed by atoms with E-state index in [2.05, 4.69) is 25.2 Å². The van der Waals surface area contributed by atoms with Crippen LogP contribution in [0.3, 0.4) is 0 Å². The number of rotatable bonds is 2. The Hall–Kier alpha value is -1.62. The highest BCUT2D eigenvalue weighted by molar-refractivity contribution is 5.91. The van der Waals surface area contributed by atoms with Crippen LogP contribution in [0.2, 0.25) is 0 Å². The first-order valence-electron chi connectivity index (χ1n) is 11.5. The zero-order valence-corrected chi connectivity index (χ0v) is 19.0. The van der Waals surface area contributed by atoms with E-state index in [1.807, 2.05) is 20.8 Å². The van der Waals surface area contributed by atoms with Crippen molar-refractivity contribution in [1.82, 2.24) is 5.32 Å². The van der Waals surface area contributed by atoms with E-state index in [0.717, 1.165) is 18.4 Å². The van der Waals surface area contributed by atoms with Crippen molar-refractivity contribution >= 4 is 11.9 Å². The molecule has 5 nitrogen and oxygen atoms in total. The zero-order chi connectivity index (χ0) is 22.1. The van der Waals surface area contributed by atoms with E-state index in [9.17, 15) is 19.8 Å². The van der Waals surface area contributed by atoms with Crippen molar-refractivity contribution in [2.24, 2.45) is 34.0 Å². The van der Waals surface area contributed by atoms with Gasteiger partial charge in [0.1, 0.15) is 0 Å². The molecule has 0 spiro atoms. The highest BCUT2D eigenvalue weighted by Crippen LogP contribution is 2.64. The first-order chi connectivity index (χ1) is 13.9. The molecule has 0 radical (unpaired) electrons. The Morgan fingerprint density at radius 3 is 2.53 bits per heavy atom. The lowest BCUT2D eigenvalue weighted by Crippen LogP contribution is -2.57. The van der Waals surface area contributed by atoms with Crippen LogP contribution in [0, 0.1) is 34.0 Å². The van der Waals surface area contributed by atoms with Gasteiger partial charge in [0.2, 0.25) is 5.91 Å². The van der Waals surface area contributed by atoms with Gasteiger partial charge in [-0.1, -0.05) is 47.1 Å². The lowest BCUT2D eigenvalue weighted by atomic mass is 9.47. The van der Waals surface area contributed by atoms with Gasteiger partial charge in [-0.05, 0) is 66.9 Å². The van der Waals surface area contributed by atoms with E-state index >= 15 is 0 Å². The number of aliphatic hydroxyl groups excluding tert-OH is 1. The molecule has 0 aromatic carbocycles. The van der Waals surface area contributed by atoms with Gasteiger partial charge in [-0.25, -0.2) is 4.79 Å². The number of allylic oxidation sites excluding steroid dienone is 3. The molecule has 4 aliphatic rings. The van der Waals surface area contributed by atoms with Gasteiger partial charge in [0, 0.05) is 10.8 Å². The van der Waals surface area contributed by atoms with Crippen LogP contribution in [-0.4, -0.2) is 34.2 Å². The largest absolute Gasteiger partial charge is 0.478 e.